The van der Waals surface area contributed by atoms with Crippen molar-refractivity contribution in [3.63, 3.8) is 0 Å². The normalized spacial score (nSPS) is 10.4. The van der Waals surface area contributed by atoms with Gasteiger partial charge in [0.15, 0.2) is 0 Å². The molecule has 0 fully saturated rings. The van der Waals surface area contributed by atoms with Gasteiger partial charge in [-0.15, -0.1) is 12.4 Å². The van der Waals surface area contributed by atoms with E-state index in [0.717, 1.165) is 17.0 Å². The summed E-state index contributed by atoms with van der Waals surface area (Å²) < 4.78 is 7.04. The van der Waals surface area contributed by atoms with Gasteiger partial charge in [0, 0.05) is 29.5 Å². The van der Waals surface area contributed by atoms with E-state index < -0.39 is 5.97 Å². The third-order valence-electron chi connectivity index (χ3n) is 5.77. The highest BCUT2D eigenvalue weighted by Gasteiger charge is 2.22. The molecule has 1 amide bonds. The monoisotopic (exact) mass is 520 g/mol. The van der Waals surface area contributed by atoms with Crippen LogP contribution in [0.3, 0.4) is 0 Å². The average molecular weight is 521 g/mol. The number of aryl methyl sites for hydroxylation is 1. The molecule has 1 heterocycles. The minimum atomic E-state index is -0.474. The summed E-state index contributed by atoms with van der Waals surface area (Å²) in [5.41, 5.74) is 9.64. The number of rotatable bonds is 9. The standard InChI is InChI=1S/C27H28N6O3.ClH/c1-3-36-25(34)17-33(21-7-5-4-6-8-21)27(35)19-11-14-23-22(15-19)31-24(32(23)2)16-30-20-12-9-18(10-13-20)26(28)29;/h4-15,30H,3,16-17H2,1-2H3,(H3,28,29);1H. The van der Waals surface area contributed by atoms with Gasteiger partial charge < -0.3 is 20.4 Å². The fraction of sp³-hybridized carbons (Fsp3) is 0.185. The van der Waals surface area contributed by atoms with E-state index in [9.17, 15) is 9.59 Å². The second-order valence-corrected chi connectivity index (χ2v) is 8.17. The third kappa shape index (κ3) is 6.25. The Hall–Kier alpha value is -4.37. The van der Waals surface area contributed by atoms with Crippen LogP contribution in [-0.2, 0) is 23.1 Å². The van der Waals surface area contributed by atoms with E-state index in [0.29, 0.717) is 28.9 Å². The number of carbonyl (C=O) groups excluding carboxylic acids is 2. The molecule has 10 heteroatoms. The summed E-state index contributed by atoms with van der Waals surface area (Å²) in [7, 11) is 1.92. The average Bonchev–Trinajstić information content (AvgIpc) is 3.21. The van der Waals surface area contributed by atoms with E-state index in [4.69, 9.17) is 20.9 Å². The third-order valence-corrected chi connectivity index (χ3v) is 5.77. The number of amides is 1. The Morgan fingerprint density at radius 3 is 2.38 bits per heavy atom. The fourth-order valence-electron chi connectivity index (χ4n) is 3.87. The number of hydrogen-bond acceptors (Lipinski definition) is 6. The van der Waals surface area contributed by atoms with Crippen LogP contribution in [0, 0.1) is 5.41 Å². The fourth-order valence-corrected chi connectivity index (χ4v) is 3.87. The van der Waals surface area contributed by atoms with E-state index in [1.54, 1.807) is 43.3 Å². The number of fused-ring (bicyclic) bond motifs is 1. The molecule has 0 spiro atoms. The molecule has 4 rings (SSSR count). The lowest BCUT2D eigenvalue weighted by Crippen LogP contribution is -2.36. The van der Waals surface area contributed by atoms with Crippen LogP contribution in [0.1, 0.15) is 28.7 Å². The molecule has 1 aromatic heterocycles. The lowest BCUT2D eigenvalue weighted by atomic mass is 10.1. The van der Waals surface area contributed by atoms with Gasteiger partial charge in [-0.2, -0.15) is 0 Å². The molecule has 192 valence electrons. The van der Waals surface area contributed by atoms with Crippen molar-refractivity contribution in [2.24, 2.45) is 12.8 Å². The van der Waals surface area contributed by atoms with Crippen molar-refractivity contribution in [1.82, 2.24) is 9.55 Å². The summed E-state index contributed by atoms with van der Waals surface area (Å²) in [5.74, 6) is 0.0253. The Balaban J connectivity index is 0.00000380. The largest absolute Gasteiger partial charge is 0.465 e. The number of amidine groups is 1. The van der Waals surface area contributed by atoms with Gasteiger partial charge in [0.05, 0.1) is 24.2 Å². The maximum absolute atomic E-state index is 13.5. The number of carbonyl (C=O) groups is 2. The van der Waals surface area contributed by atoms with E-state index >= 15 is 0 Å². The smallest absolute Gasteiger partial charge is 0.326 e. The number of aromatic nitrogens is 2. The summed E-state index contributed by atoms with van der Waals surface area (Å²) in [6.45, 7) is 2.25. The summed E-state index contributed by atoms with van der Waals surface area (Å²) in [4.78, 5) is 31.8. The number of imidazole rings is 1. The molecule has 4 N–H and O–H groups in total. The molecule has 4 aromatic rings. The van der Waals surface area contributed by atoms with Gasteiger partial charge in [0.1, 0.15) is 18.2 Å². The molecule has 0 saturated heterocycles. The van der Waals surface area contributed by atoms with E-state index in [-0.39, 0.29) is 37.3 Å². The van der Waals surface area contributed by atoms with E-state index in [1.807, 2.05) is 48.0 Å². The van der Waals surface area contributed by atoms with Crippen molar-refractivity contribution in [3.05, 3.63) is 89.7 Å². The number of nitrogen functional groups attached to an aromatic ring is 1. The van der Waals surface area contributed by atoms with Crippen LogP contribution in [0.2, 0.25) is 0 Å². The molecule has 0 radical (unpaired) electrons. The molecule has 0 bridgehead atoms. The quantitative estimate of drug-likeness (QED) is 0.173. The highest BCUT2D eigenvalue weighted by Crippen LogP contribution is 2.22. The van der Waals surface area contributed by atoms with Crippen LogP contribution in [-0.4, -0.2) is 40.4 Å². The van der Waals surface area contributed by atoms with Gasteiger partial charge in [0.2, 0.25) is 0 Å². The minimum absolute atomic E-state index is 0. The van der Waals surface area contributed by atoms with Crippen molar-refractivity contribution in [2.75, 3.05) is 23.4 Å². The van der Waals surface area contributed by atoms with Crippen LogP contribution in [0.15, 0.2) is 72.8 Å². The number of ether oxygens (including phenoxy) is 1. The number of hydrogen-bond donors (Lipinski definition) is 3. The van der Waals surface area contributed by atoms with Crippen molar-refractivity contribution in [2.45, 2.75) is 13.5 Å². The van der Waals surface area contributed by atoms with Crippen LogP contribution in [0.4, 0.5) is 11.4 Å². The zero-order chi connectivity index (χ0) is 25.7. The summed E-state index contributed by atoms with van der Waals surface area (Å²) in [6, 6.07) is 21.7. The maximum Gasteiger partial charge on any atom is 0.326 e. The lowest BCUT2D eigenvalue weighted by Gasteiger charge is -2.22. The number of benzene rings is 3. The Bertz CT molecular complexity index is 1400. The SMILES string of the molecule is CCOC(=O)CN(C(=O)c1ccc2c(c1)nc(CNc1ccc(C(=N)N)cc1)n2C)c1ccccc1.Cl. The topological polar surface area (TPSA) is 126 Å². The molecular weight excluding hydrogens is 492 g/mol. The molecule has 3 aromatic carbocycles. The zero-order valence-electron chi connectivity index (χ0n) is 20.6. The second kappa shape index (κ2) is 12.0. The first-order valence-corrected chi connectivity index (χ1v) is 11.5. The Kier molecular flexibility index (Phi) is 8.86. The number of nitrogens with zero attached hydrogens (tertiary/aromatic N) is 3. The first-order chi connectivity index (χ1) is 17.4. The van der Waals surface area contributed by atoms with Gasteiger partial charge >= 0.3 is 5.97 Å². The van der Waals surface area contributed by atoms with Gasteiger partial charge in [-0.25, -0.2) is 4.98 Å². The number of nitrogens with one attached hydrogen (secondary N) is 2. The zero-order valence-corrected chi connectivity index (χ0v) is 21.4. The van der Waals surface area contributed by atoms with Crippen molar-refractivity contribution < 1.29 is 14.3 Å². The van der Waals surface area contributed by atoms with E-state index in [1.165, 1.54) is 4.90 Å². The summed E-state index contributed by atoms with van der Waals surface area (Å²) in [5, 5.41) is 10.8. The van der Waals surface area contributed by atoms with Crippen LogP contribution >= 0.6 is 12.4 Å². The van der Waals surface area contributed by atoms with Gasteiger partial charge in [-0.1, -0.05) is 18.2 Å². The molecule has 0 unspecified atom stereocenters. The molecule has 0 atom stereocenters. The van der Waals surface area contributed by atoms with Crippen molar-refractivity contribution >= 4 is 52.5 Å². The Morgan fingerprint density at radius 2 is 1.73 bits per heavy atom. The number of anilines is 2. The molecule has 37 heavy (non-hydrogen) atoms. The van der Waals surface area contributed by atoms with Crippen LogP contribution in [0.25, 0.3) is 11.0 Å². The van der Waals surface area contributed by atoms with Crippen LogP contribution < -0.4 is 16.0 Å². The predicted octanol–water partition coefficient (Wildman–Crippen LogP) is 4.10. The molecule has 0 aliphatic heterocycles. The Morgan fingerprint density at radius 1 is 1.05 bits per heavy atom. The highest BCUT2D eigenvalue weighted by molar-refractivity contribution is 6.09. The number of para-hydroxylation sites is 1. The van der Waals surface area contributed by atoms with Crippen LogP contribution in [0.5, 0.6) is 0 Å². The van der Waals surface area contributed by atoms with E-state index in [2.05, 4.69) is 5.32 Å². The van der Waals surface area contributed by atoms with Crippen molar-refractivity contribution in [1.29, 1.82) is 5.41 Å². The molecule has 0 aliphatic rings. The summed E-state index contributed by atoms with van der Waals surface area (Å²) in [6.07, 6.45) is 0. The first kappa shape index (κ1) is 27.2. The van der Waals surface area contributed by atoms with Gasteiger partial charge in [-0.3, -0.25) is 19.9 Å². The predicted molar refractivity (Wildman–Crippen MR) is 147 cm³/mol. The Labute approximate surface area is 221 Å². The molecule has 9 nitrogen and oxygen atoms in total. The lowest BCUT2D eigenvalue weighted by molar-refractivity contribution is -0.141. The van der Waals surface area contributed by atoms with Crippen molar-refractivity contribution in [3.8, 4) is 0 Å². The summed E-state index contributed by atoms with van der Waals surface area (Å²) >= 11 is 0. The first-order valence-electron chi connectivity index (χ1n) is 11.5. The second-order valence-electron chi connectivity index (χ2n) is 8.17. The molecule has 0 aliphatic carbocycles. The van der Waals surface area contributed by atoms with Gasteiger partial charge in [-0.05, 0) is 61.5 Å². The number of esters is 1. The highest BCUT2D eigenvalue weighted by atomic mass is 35.5. The van der Waals surface area contributed by atoms with Gasteiger partial charge in [0.25, 0.3) is 5.91 Å². The number of nitrogens with two attached hydrogens (primary N) is 1. The minimum Gasteiger partial charge on any atom is -0.465 e. The molecule has 0 saturated carbocycles. The molecular formula is C27H29ClN6O3. The number of halogens is 1. The maximum atomic E-state index is 13.5.